The van der Waals surface area contributed by atoms with Crippen molar-refractivity contribution in [3.8, 4) is 22.8 Å². The van der Waals surface area contributed by atoms with Crippen LogP contribution >= 0.6 is 0 Å². The number of nitrogens with one attached hydrogen (secondary N) is 4. The Kier molecular flexibility index (Phi) is 7.68. The third-order valence-corrected chi connectivity index (χ3v) is 6.63. The topological polar surface area (TPSA) is 134 Å². The molecular weight excluding hydrogens is 508 g/mol. The standard InChI is InChI=1S/C30H32N6O4/c1-17(13-27(37)39-3)31-19-9-11-23-25(15-19)35-29(33-23)21-7-5-6-8-22(21)30-34-24-12-10-20(16-26(24)36-30)32-18(2)14-28(38)40-4/h5-12,15-18,31-32H,13-14H2,1-4H3,(H,33,35)(H,34,36). The van der Waals surface area contributed by atoms with E-state index >= 15 is 0 Å². The molecule has 0 spiro atoms. The highest BCUT2D eigenvalue weighted by atomic mass is 16.5. The second kappa shape index (κ2) is 11.5. The minimum Gasteiger partial charge on any atom is -0.469 e. The summed E-state index contributed by atoms with van der Waals surface area (Å²) in [5.41, 5.74) is 7.01. The van der Waals surface area contributed by atoms with Crippen LogP contribution < -0.4 is 10.6 Å². The molecule has 2 heterocycles. The number of carbonyl (C=O) groups is 2. The van der Waals surface area contributed by atoms with Crippen molar-refractivity contribution in [3.63, 3.8) is 0 Å². The van der Waals surface area contributed by atoms with E-state index in [2.05, 4.69) is 20.6 Å². The average Bonchev–Trinajstić information content (AvgIpc) is 3.56. The van der Waals surface area contributed by atoms with Crippen molar-refractivity contribution >= 4 is 45.4 Å². The number of fused-ring (bicyclic) bond motifs is 2. The molecular formula is C30H32N6O4. The van der Waals surface area contributed by atoms with Crippen molar-refractivity contribution in [1.29, 1.82) is 0 Å². The van der Waals surface area contributed by atoms with Crippen molar-refractivity contribution in [3.05, 3.63) is 60.7 Å². The average molecular weight is 541 g/mol. The number of imidazole rings is 2. The van der Waals surface area contributed by atoms with Gasteiger partial charge in [0.1, 0.15) is 11.6 Å². The third-order valence-electron chi connectivity index (χ3n) is 6.63. The van der Waals surface area contributed by atoms with Crippen molar-refractivity contribution in [2.45, 2.75) is 38.8 Å². The lowest BCUT2D eigenvalue weighted by atomic mass is 10.1. The van der Waals surface area contributed by atoms with E-state index in [1.165, 1.54) is 14.2 Å². The first-order valence-electron chi connectivity index (χ1n) is 13.1. The number of H-pyrrole nitrogens is 2. The van der Waals surface area contributed by atoms with Gasteiger partial charge >= 0.3 is 11.9 Å². The van der Waals surface area contributed by atoms with Crippen molar-refractivity contribution in [2.75, 3.05) is 24.9 Å². The summed E-state index contributed by atoms with van der Waals surface area (Å²) in [6.45, 7) is 3.87. The summed E-state index contributed by atoms with van der Waals surface area (Å²) in [5, 5.41) is 6.67. The molecule has 10 heteroatoms. The minimum absolute atomic E-state index is 0.0760. The fourth-order valence-corrected chi connectivity index (χ4v) is 4.69. The van der Waals surface area contributed by atoms with Gasteiger partial charge in [-0.25, -0.2) is 9.97 Å². The van der Waals surface area contributed by atoms with Gasteiger partial charge < -0.3 is 30.1 Å². The van der Waals surface area contributed by atoms with E-state index in [1.54, 1.807) is 0 Å². The number of aromatic nitrogens is 4. The Labute approximate surface area is 231 Å². The number of esters is 2. The maximum Gasteiger partial charge on any atom is 0.307 e. The van der Waals surface area contributed by atoms with Crippen LogP contribution in [0.5, 0.6) is 0 Å². The van der Waals surface area contributed by atoms with Gasteiger partial charge in [-0.05, 0) is 50.2 Å². The van der Waals surface area contributed by atoms with Crippen LogP contribution in [0.3, 0.4) is 0 Å². The summed E-state index contributed by atoms with van der Waals surface area (Å²) < 4.78 is 9.53. The van der Waals surface area contributed by atoms with Crippen LogP contribution in [0.4, 0.5) is 11.4 Å². The zero-order chi connectivity index (χ0) is 28.2. The molecule has 0 aliphatic rings. The number of hydrogen-bond acceptors (Lipinski definition) is 8. The van der Waals surface area contributed by atoms with Gasteiger partial charge in [-0.2, -0.15) is 0 Å². The van der Waals surface area contributed by atoms with Crippen LogP contribution in [0.1, 0.15) is 26.7 Å². The Morgan fingerprint density at radius 1 is 0.725 bits per heavy atom. The molecule has 206 valence electrons. The lowest BCUT2D eigenvalue weighted by molar-refractivity contribution is -0.141. The lowest BCUT2D eigenvalue weighted by Gasteiger charge is -2.13. The summed E-state index contributed by atoms with van der Waals surface area (Å²) in [6.07, 6.45) is 0.551. The summed E-state index contributed by atoms with van der Waals surface area (Å²) in [5.74, 6) is 0.940. The molecule has 10 nitrogen and oxygen atoms in total. The van der Waals surface area contributed by atoms with Crippen LogP contribution in [-0.4, -0.2) is 58.2 Å². The lowest BCUT2D eigenvalue weighted by Crippen LogP contribution is -2.20. The predicted octanol–water partition coefficient (Wildman–Crippen LogP) is 5.50. The molecule has 0 aliphatic carbocycles. The number of nitrogens with zero attached hydrogens (tertiary/aromatic N) is 2. The van der Waals surface area contributed by atoms with E-state index in [4.69, 9.17) is 19.4 Å². The maximum absolute atomic E-state index is 11.6. The molecule has 40 heavy (non-hydrogen) atoms. The number of methoxy groups -OCH3 is 2. The highest BCUT2D eigenvalue weighted by molar-refractivity contribution is 5.89. The smallest absolute Gasteiger partial charge is 0.307 e. The van der Waals surface area contributed by atoms with E-state index in [-0.39, 0.29) is 36.9 Å². The van der Waals surface area contributed by atoms with E-state index in [0.29, 0.717) is 0 Å². The Balaban J connectivity index is 1.40. The van der Waals surface area contributed by atoms with Crippen LogP contribution in [0.15, 0.2) is 60.7 Å². The van der Waals surface area contributed by atoms with Crippen molar-refractivity contribution in [1.82, 2.24) is 19.9 Å². The first-order valence-corrected chi connectivity index (χ1v) is 13.1. The second-order valence-electron chi connectivity index (χ2n) is 9.83. The van der Waals surface area contributed by atoms with Gasteiger partial charge in [-0.3, -0.25) is 9.59 Å². The van der Waals surface area contributed by atoms with Crippen LogP contribution in [0.25, 0.3) is 44.8 Å². The number of benzene rings is 3. The number of hydrogen-bond donors (Lipinski definition) is 4. The Morgan fingerprint density at radius 2 is 1.15 bits per heavy atom. The van der Waals surface area contributed by atoms with Gasteiger partial charge in [0.15, 0.2) is 0 Å². The van der Waals surface area contributed by atoms with Gasteiger partial charge in [0.2, 0.25) is 0 Å². The zero-order valence-electron chi connectivity index (χ0n) is 22.9. The molecule has 4 N–H and O–H groups in total. The molecule has 0 radical (unpaired) electrons. The maximum atomic E-state index is 11.6. The number of ether oxygens (including phenoxy) is 2. The monoisotopic (exact) mass is 540 g/mol. The molecule has 0 fully saturated rings. The van der Waals surface area contributed by atoms with Crippen molar-refractivity contribution < 1.29 is 19.1 Å². The summed E-state index contributed by atoms with van der Waals surface area (Å²) in [4.78, 5) is 39.7. The van der Waals surface area contributed by atoms with Gasteiger partial charge in [0.25, 0.3) is 0 Å². The zero-order valence-corrected chi connectivity index (χ0v) is 22.9. The Hall–Kier alpha value is -4.86. The van der Waals surface area contributed by atoms with E-state index in [1.807, 2.05) is 74.5 Å². The Bertz CT molecular complexity index is 1550. The van der Waals surface area contributed by atoms with E-state index in [9.17, 15) is 9.59 Å². The number of carbonyl (C=O) groups excluding carboxylic acids is 2. The molecule has 0 aliphatic heterocycles. The number of rotatable bonds is 10. The van der Waals surface area contributed by atoms with Crippen molar-refractivity contribution in [2.24, 2.45) is 0 Å². The molecule has 2 aromatic heterocycles. The SMILES string of the molecule is COC(=O)CC(C)Nc1ccc2nc(-c3ccccc3-c3nc4ccc(NC(C)CC(=O)OC)cc4[nH]3)[nH]c2c1. The van der Waals surface area contributed by atoms with E-state index in [0.717, 1.165) is 56.2 Å². The van der Waals surface area contributed by atoms with Gasteiger partial charge in [0, 0.05) is 34.6 Å². The predicted molar refractivity (Wildman–Crippen MR) is 156 cm³/mol. The molecule has 0 saturated heterocycles. The molecule has 0 saturated carbocycles. The first-order chi connectivity index (χ1) is 19.3. The normalized spacial score (nSPS) is 12.7. The molecule has 5 rings (SSSR count). The minimum atomic E-state index is -0.257. The molecule has 0 amide bonds. The molecule has 2 atom stereocenters. The second-order valence-corrected chi connectivity index (χ2v) is 9.83. The van der Waals surface area contributed by atoms with Crippen LogP contribution in [0, 0.1) is 0 Å². The highest BCUT2D eigenvalue weighted by Crippen LogP contribution is 2.32. The summed E-state index contributed by atoms with van der Waals surface area (Å²) in [6, 6.07) is 19.6. The molecule has 3 aromatic carbocycles. The third kappa shape index (κ3) is 5.90. The highest BCUT2D eigenvalue weighted by Gasteiger charge is 2.16. The summed E-state index contributed by atoms with van der Waals surface area (Å²) >= 11 is 0. The van der Waals surface area contributed by atoms with Crippen LogP contribution in [0.2, 0.25) is 0 Å². The fourth-order valence-electron chi connectivity index (χ4n) is 4.69. The molecule has 5 aromatic rings. The molecule has 2 unspecified atom stereocenters. The van der Waals surface area contributed by atoms with Crippen LogP contribution in [-0.2, 0) is 19.1 Å². The van der Waals surface area contributed by atoms with Gasteiger partial charge in [-0.15, -0.1) is 0 Å². The molecule has 0 bridgehead atoms. The fraction of sp³-hybridized carbons (Fsp3) is 0.267. The summed E-state index contributed by atoms with van der Waals surface area (Å²) in [7, 11) is 2.78. The number of anilines is 2. The quantitative estimate of drug-likeness (QED) is 0.171. The van der Waals surface area contributed by atoms with E-state index < -0.39 is 0 Å². The largest absolute Gasteiger partial charge is 0.469 e. The first kappa shape index (κ1) is 26.7. The Morgan fingerprint density at radius 3 is 1.55 bits per heavy atom. The van der Waals surface area contributed by atoms with Gasteiger partial charge in [0.05, 0.1) is 49.1 Å². The van der Waals surface area contributed by atoms with Gasteiger partial charge in [-0.1, -0.05) is 24.3 Å². The number of aromatic amines is 2.